The van der Waals surface area contributed by atoms with Crippen molar-refractivity contribution < 1.29 is 19.5 Å². The Balaban J connectivity index is 1.99. The largest absolute Gasteiger partial charge is 0.478 e. The summed E-state index contributed by atoms with van der Waals surface area (Å²) in [6.45, 7) is 3.33. The van der Waals surface area contributed by atoms with Crippen LogP contribution in [-0.4, -0.2) is 33.9 Å². The maximum Gasteiger partial charge on any atom is 0.335 e. The number of nitrogens with zero attached hydrogens (tertiary/aromatic N) is 1. The van der Waals surface area contributed by atoms with Gasteiger partial charge in [-0.2, -0.15) is 0 Å². The number of benzene rings is 1. The van der Waals surface area contributed by atoms with E-state index in [-0.39, 0.29) is 17.0 Å². The number of hydrogen-bond donors (Lipinski definition) is 3. The van der Waals surface area contributed by atoms with Gasteiger partial charge in [0.1, 0.15) is 6.04 Å². The summed E-state index contributed by atoms with van der Waals surface area (Å²) < 4.78 is 0. The SMILES string of the molecule is Cc1ncccc1NC(=O)[C@H](C)NC(=O)c1ccc(C(=O)O)cc1. The number of pyridine rings is 1. The molecule has 2 rings (SSSR count). The second-order valence-corrected chi connectivity index (χ2v) is 5.20. The minimum atomic E-state index is -1.07. The fourth-order valence-electron chi connectivity index (χ4n) is 1.97. The molecular weight excluding hydrogens is 310 g/mol. The van der Waals surface area contributed by atoms with E-state index in [0.29, 0.717) is 11.4 Å². The molecule has 0 saturated heterocycles. The van der Waals surface area contributed by atoms with E-state index in [9.17, 15) is 14.4 Å². The van der Waals surface area contributed by atoms with Gasteiger partial charge in [-0.05, 0) is 50.2 Å². The second-order valence-electron chi connectivity index (χ2n) is 5.20. The normalized spacial score (nSPS) is 11.4. The molecule has 7 heteroatoms. The molecular formula is C17H17N3O4. The topological polar surface area (TPSA) is 108 Å². The zero-order valence-corrected chi connectivity index (χ0v) is 13.2. The van der Waals surface area contributed by atoms with Crippen molar-refractivity contribution in [2.75, 3.05) is 5.32 Å². The van der Waals surface area contributed by atoms with Crippen LogP contribution in [0.2, 0.25) is 0 Å². The van der Waals surface area contributed by atoms with Crippen molar-refractivity contribution in [2.45, 2.75) is 19.9 Å². The van der Waals surface area contributed by atoms with Crippen molar-refractivity contribution in [2.24, 2.45) is 0 Å². The van der Waals surface area contributed by atoms with E-state index in [0.717, 1.165) is 0 Å². The quantitative estimate of drug-likeness (QED) is 0.776. The molecule has 0 bridgehead atoms. The molecule has 0 fully saturated rings. The van der Waals surface area contributed by atoms with E-state index < -0.39 is 17.9 Å². The van der Waals surface area contributed by atoms with Crippen molar-refractivity contribution in [3.8, 4) is 0 Å². The van der Waals surface area contributed by atoms with Crippen molar-refractivity contribution in [3.05, 3.63) is 59.4 Å². The second kappa shape index (κ2) is 7.36. The number of carboxylic acid groups (broad SMARTS) is 1. The highest BCUT2D eigenvalue weighted by atomic mass is 16.4. The Labute approximate surface area is 138 Å². The first-order valence-electron chi connectivity index (χ1n) is 7.25. The molecule has 124 valence electrons. The zero-order chi connectivity index (χ0) is 17.7. The molecule has 7 nitrogen and oxygen atoms in total. The summed E-state index contributed by atoms with van der Waals surface area (Å²) in [4.78, 5) is 39.1. The molecule has 2 amide bonds. The fourth-order valence-corrected chi connectivity index (χ4v) is 1.97. The Morgan fingerprint density at radius 2 is 1.71 bits per heavy atom. The molecule has 1 aromatic carbocycles. The molecule has 2 aromatic rings. The Hall–Kier alpha value is -3.22. The van der Waals surface area contributed by atoms with Crippen LogP contribution in [0.1, 0.15) is 33.3 Å². The lowest BCUT2D eigenvalue weighted by molar-refractivity contribution is -0.117. The van der Waals surface area contributed by atoms with Crippen LogP contribution in [0.25, 0.3) is 0 Å². The third-order valence-electron chi connectivity index (χ3n) is 3.40. The molecule has 0 saturated carbocycles. The summed E-state index contributed by atoms with van der Waals surface area (Å²) >= 11 is 0. The van der Waals surface area contributed by atoms with Crippen molar-refractivity contribution in [1.29, 1.82) is 0 Å². The predicted molar refractivity (Wildman–Crippen MR) is 87.9 cm³/mol. The number of aromatic nitrogens is 1. The van der Waals surface area contributed by atoms with Crippen LogP contribution in [0.15, 0.2) is 42.6 Å². The minimum Gasteiger partial charge on any atom is -0.478 e. The lowest BCUT2D eigenvalue weighted by Crippen LogP contribution is -2.41. The summed E-state index contributed by atoms with van der Waals surface area (Å²) in [6.07, 6.45) is 1.62. The molecule has 1 aromatic heterocycles. The Morgan fingerprint density at radius 1 is 1.08 bits per heavy atom. The van der Waals surface area contributed by atoms with Gasteiger partial charge in [0.05, 0.1) is 16.9 Å². The average Bonchev–Trinajstić information content (AvgIpc) is 2.56. The number of aromatic carboxylic acids is 1. The van der Waals surface area contributed by atoms with Gasteiger partial charge in [0.15, 0.2) is 0 Å². The lowest BCUT2D eigenvalue weighted by Gasteiger charge is -2.15. The van der Waals surface area contributed by atoms with Crippen molar-refractivity contribution >= 4 is 23.5 Å². The Morgan fingerprint density at radius 3 is 2.29 bits per heavy atom. The first-order chi connectivity index (χ1) is 11.4. The third-order valence-corrected chi connectivity index (χ3v) is 3.40. The predicted octanol–water partition coefficient (Wildman–Crippen LogP) is 1.85. The van der Waals surface area contributed by atoms with Crippen LogP contribution in [0, 0.1) is 6.92 Å². The minimum absolute atomic E-state index is 0.0874. The van der Waals surface area contributed by atoms with E-state index in [4.69, 9.17) is 5.11 Å². The number of carbonyl (C=O) groups is 3. The number of hydrogen-bond acceptors (Lipinski definition) is 4. The molecule has 0 unspecified atom stereocenters. The monoisotopic (exact) mass is 327 g/mol. The Bertz CT molecular complexity index is 772. The molecule has 0 radical (unpaired) electrons. The molecule has 3 N–H and O–H groups in total. The van der Waals surface area contributed by atoms with E-state index >= 15 is 0 Å². The van der Waals surface area contributed by atoms with Crippen LogP contribution < -0.4 is 10.6 Å². The highest BCUT2D eigenvalue weighted by Gasteiger charge is 2.17. The van der Waals surface area contributed by atoms with Gasteiger partial charge in [-0.1, -0.05) is 0 Å². The highest BCUT2D eigenvalue weighted by molar-refractivity contribution is 6.01. The summed E-state index contributed by atoms with van der Waals surface area (Å²) in [5.41, 5.74) is 1.62. The number of carbonyl (C=O) groups excluding carboxylic acids is 2. The van der Waals surface area contributed by atoms with Crippen molar-refractivity contribution in [3.63, 3.8) is 0 Å². The van der Waals surface area contributed by atoms with Gasteiger partial charge < -0.3 is 15.7 Å². The zero-order valence-electron chi connectivity index (χ0n) is 13.2. The molecule has 0 aliphatic rings. The summed E-state index contributed by atoms with van der Waals surface area (Å²) in [5, 5.41) is 14.1. The summed E-state index contributed by atoms with van der Waals surface area (Å²) in [5.74, 6) is -1.90. The number of nitrogens with one attached hydrogen (secondary N) is 2. The van der Waals surface area contributed by atoms with Gasteiger partial charge in [-0.15, -0.1) is 0 Å². The number of anilines is 1. The van der Waals surface area contributed by atoms with Crippen molar-refractivity contribution in [1.82, 2.24) is 10.3 Å². The molecule has 0 aliphatic carbocycles. The summed E-state index contributed by atoms with van der Waals surface area (Å²) in [6, 6.07) is 8.12. The first-order valence-corrected chi connectivity index (χ1v) is 7.25. The molecule has 0 spiro atoms. The fraction of sp³-hybridized carbons (Fsp3) is 0.176. The Kier molecular flexibility index (Phi) is 5.26. The summed E-state index contributed by atoms with van der Waals surface area (Å²) in [7, 11) is 0. The van der Waals surface area contributed by atoms with Gasteiger partial charge >= 0.3 is 5.97 Å². The highest BCUT2D eigenvalue weighted by Crippen LogP contribution is 2.11. The number of rotatable bonds is 5. The maximum atomic E-state index is 12.1. The standard InChI is InChI=1S/C17H17N3O4/c1-10-14(4-3-9-18-10)20-15(21)11(2)19-16(22)12-5-7-13(8-6-12)17(23)24/h3-9,11H,1-2H3,(H,19,22)(H,20,21)(H,23,24)/t11-/m0/s1. The number of amides is 2. The van der Waals surface area contributed by atoms with Gasteiger partial charge in [-0.25, -0.2) is 4.79 Å². The first kappa shape index (κ1) is 17.1. The van der Waals surface area contributed by atoms with Crippen LogP contribution in [-0.2, 0) is 4.79 Å². The average molecular weight is 327 g/mol. The number of carboxylic acids is 1. The van der Waals surface area contributed by atoms with Crippen LogP contribution >= 0.6 is 0 Å². The molecule has 0 aliphatic heterocycles. The van der Waals surface area contributed by atoms with Crippen LogP contribution in [0.3, 0.4) is 0 Å². The number of aryl methyl sites for hydroxylation is 1. The third kappa shape index (κ3) is 4.16. The van der Waals surface area contributed by atoms with Gasteiger partial charge in [0.2, 0.25) is 5.91 Å². The van der Waals surface area contributed by atoms with E-state index in [2.05, 4.69) is 15.6 Å². The molecule has 1 atom stereocenters. The van der Waals surface area contributed by atoms with Gasteiger partial charge in [-0.3, -0.25) is 14.6 Å². The maximum absolute atomic E-state index is 12.1. The van der Waals surface area contributed by atoms with E-state index in [1.54, 1.807) is 32.2 Å². The van der Waals surface area contributed by atoms with Gasteiger partial charge in [0.25, 0.3) is 5.91 Å². The smallest absolute Gasteiger partial charge is 0.335 e. The van der Waals surface area contributed by atoms with Gasteiger partial charge in [0, 0.05) is 11.8 Å². The van der Waals surface area contributed by atoms with E-state index in [1.807, 2.05) is 0 Å². The molecule has 1 heterocycles. The molecule has 24 heavy (non-hydrogen) atoms. The van der Waals surface area contributed by atoms with Crippen LogP contribution in [0.4, 0.5) is 5.69 Å². The lowest BCUT2D eigenvalue weighted by atomic mass is 10.1. The van der Waals surface area contributed by atoms with E-state index in [1.165, 1.54) is 24.3 Å². The van der Waals surface area contributed by atoms with Crippen LogP contribution in [0.5, 0.6) is 0 Å².